The van der Waals surface area contributed by atoms with Gasteiger partial charge in [0, 0.05) is 8.95 Å². The van der Waals surface area contributed by atoms with Crippen molar-refractivity contribution in [1.29, 1.82) is 0 Å². The molecule has 1 atom stereocenters. The van der Waals surface area contributed by atoms with Crippen LogP contribution in [0, 0.1) is 6.92 Å². The summed E-state index contributed by atoms with van der Waals surface area (Å²) in [6.45, 7) is 2.12. The first-order valence-corrected chi connectivity index (χ1v) is 7.39. The van der Waals surface area contributed by atoms with E-state index in [2.05, 4.69) is 86.6 Å². The van der Waals surface area contributed by atoms with E-state index in [1.54, 1.807) is 0 Å². The Labute approximate surface area is 125 Å². The highest BCUT2D eigenvalue weighted by molar-refractivity contribution is 9.10. The van der Waals surface area contributed by atoms with Gasteiger partial charge in [-0.25, -0.2) is 0 Å². The number of aryl methyl sites for hydroxylation is 1. The summed E-state index contributed by atoms with van der Waals surface area (Å²) in [6, 6.07) is 15.1. The first-order chi connectivity index (χ1) is 8.61. The Morgan fingerprint density at radius 3 is 2.28 bits per heavy atom. The van der Waals surface area contributed by atoms with Gasteiger partial charge in [-0.05, 0) is 43.3 Å². The second-order valence-corrected chi connectivity index (χ2v) is 6.07. The van der Waals surface area contributed by atoms with Crippen LogP contribution in [0.4, 0.5) is 0 Å². The molecular formula is C15H15Br2N. The quantitative estimate of drug-likeness (QED) is 0.818. The van der Waals surface area contributed by atoms with Crippen molar-refractivity contribution in [3.8, 4) is 0 Å². The van der Waals surface area contributed by atoms with Gasteiger partial charge in [0.15, 0.2) is 0 Å². The van der Waals surface area contributed by atoms with E-state index in [1.807, 2.05) is 7.05 Å². The fourth-order valence-corrected chi connectivity index (χ4v) is 2.78. The molecule has 3 heteroatoms. The minimum Gasteiger partial charge on any atom is -0.309 e. The van der Waals surface area contributed by atoms with Crippen LogP contribution >= 0.6 is 31.9 Å². The fraction of sp³-hybridized carbons (Fsp3) is 0.200. The van der Waals surface area contributed by atoms with Gasteiger partial charge in [0.1, 0.15) is 0 Å². The predicted octanol–water partition coefficient (Wildman–Crippen LogP) is 4.83. The Bertz CT molecular complexity index is 535. The third-order valence-corrected chi connectivity index (χ3v) is 4.21. The van der Waals surface area contributed by atoms with Crippen molar-refractivity contribution in [2.45, 2.75) is 13.0 Å². The number of hydrogen-bond acceptors (Lipinski definition) is 1. The summed E-state index contributed by atoms with van der Waals surface area (Å²) in [7, 11) is 1.99. The first kappa shape index (κ1) is 13.8. The zero-order chi connectivity index (χ0) is 13.1. The van der Waals surface area contributed by atoms with E-state index in [0.717, 1.165) is 8.95 Å². The number of rotatable bonds is 3. The highest BCUT2D eigenvalue weighted by Crippen LogP contribution is 2.29. The smallest absolute Gasteiger partial charge is 0.0585 e. The molecule has 0 spiro atoms. The SMILES string of the molecule is CNC(c1ccc(Br)cc1)c1cc(C)ccc1Br. The summed E-state index contributed by atoms with van der Waals surface area (Å²) in [5.74, 6) is 0. The summed E-state index contributed by atoms with van der Waals surface area (Å²) < 4.78 is 2.24. The van der Waals surface area contributed by atoms with Gasteiger partial charge in [-0.3, -0.25) is 0 Å². The van der Waals surface area contributed by atoms with Crippen LogP contribution in [0.15, 0.2) is 51.4 Å². The summed E-state index contributed by atoms with van der Waals surface area (Å²) in [6.07, 6.45) is 0. The Kier molecular flexibility index (Phi) is 4.60. The van der Waals surface area contributed by atoms with Gasteiger partial charge in [0.25, 0.3) is 0 Å². The Balaban J connectivity index is 2.44. The minimum absolute atomic E-state index is 0.201. The monoisotopic (exact) mass is 367 g/mol. The lowest BCUT2D eigenvalue weighted by Gasteiger charge is -2.19. The number of benzene rings is 2. The first-order valence-electron chi connectivity index (χ1n) is 5.80. The highest BCUT2D eigenvalue weighted by Gasteiger charge is 2.14. The molecule has 1 nitrogen and oxygen atoms in total. The van der Waals surface area contributed by atoms with Crippen LogP contribution in [0.1, 0.15) is 22.7 Å². The molecule has 0 aliphatic carbocycles. The molecular weight excluding hydrogens is 354 g/mol. The van der Waals surface area contributed by atoms with Crippen LogP contribution in [0.3, 0.4) is 0 Å². The maximum atomic E-state index is 3.63. The molecule has 1 unspecified atom stereocenters. The number of hydrogen-bond donors (Lipinski definition) is 1. The van der Waals surface area contributed by atoms with Crippen molar-refractivity contribution >= 4 is 31.9 Å². The van der Waals surface area contributed by atoms with Crippen molar-refractivity contribution in [1.82, 2.24) is 5.32 Å². The Morgan fingerprint density at radius 2 is 1.67 bits per heavy atom. The molecule has 0 saturated carbocycles. The van der Waals surface area contributed by atoms with Gasteiger partial charge in [-0.1, -0.05) is 61.7 Å². The topological polar surface area (TPSA) is 12.0 Å². The molecule has 0 radical (unpaired) electrons. The molecule has 0 saturated heterocycles. The standard InChI is InChI=1S/C15H15Br2N/c1-10-3-8-14(17)13(9-10)15(18-2)11-4-6-12(16)7-5-11/h3-9,15,18H,1-2H3. The molecule has 18 heavy (non-hydrogen) atoms. The van der Waals surface area contributed by atoms with E-state index < -0.39 is 0 Å². The third-order valence-electron chi connectivity index (χ3n) is 2.95. The van der Waals surface area contributed by atoms with Crippen molar-refractivity contribution in [3.63, 3.8) is 0 Å². The van der Waals surface area contributed by atoms with Crippen molar-refractivity contribution in [3.05, 3.63) is 68.1 Å². The third kappa shape index (κ3) is 3.02. The summed E-state index contributed by atoms with van der Waals surface area (Å²) in [5, 5.41) is 3.38. The second-order valence-electron chi connectivity index (χ2n) is 4.30. The maximum absolute atomic E-state index is 3.63. The summed E-state index contributed by atoms with van der Waals surface area (Å²) in [5.41, 5.74) is 3.79. The average molecular weight is 369 g/mol. The molecule has 94 valence electrons. The lowest BCUT2D eigenvalue weighted by Crippen LogP contribution is -2.18. The second kappa shape index (κ2) is 6.00. The fourth-order valence-electron chi connectivity index (χ4n) is 2.04. The molecule has 2 aromatic carbocycles. The predicted molar refractivity (Wildman–Crippen MR) is 83.9 cm³/mol. The van der Waals surface area contributed by atoms with Crippen LogP contribution in [-0.2, 0) is 0 Å². The largest absolute Gasteiger partial charge is 0.309 e. The molecule has 0 fully saturated rings. The minimum atomic E-state index is 0.201. The van der Waals surface area contributed by atoms with Gasteiger partial charge in [0.2, 0.25) is 0 Å². The number of nitrogens with one attached hydrogen (secondary N) is 1. The van der Waals surface area contributed by atoms with Gasteiger partial charge < -0.3 is 5.32 Å². The zero-order valence-corrected chi connectivity index (χ0v) is 13.5. The van der Waals surface area contributed by atoms with Crippen molar-refractivity contribution in [2.75, 3.05) is 7.05 Å². The van der Waals surface area contributed by atoms with Gasteiger partial charge in [-0.2, -0.15) is 0 Å². The van der Waals surface area contributed by atoms with Crippen molar-refractivity contribution in [2.24, 2.45) is 0 Å². The van der Waals surface area contributed by atoms with Crippen LogP contribution < -0.4 is 5.32 Å². The summed E-state index contributed by atoms with van der Waals surface area (Å²) in [4.78, 5) is 0. The Morgan fingerprint density at radius 1 is 1.00 bits per heavy atom. The normalized spacial score (nSPS) is 12.4. The van der Waals surface area contributed by atoms with Gasteiger partial charge in [0.05, 0.1) is 6.04 Å². The molecule has 0 heterocycles. The van der Waals surface area contributed by atoms with E-state index in [9.17, 15) is 0 Å². The molecule has 2 aromatic rings. The van der Waals surface area contributed by atoms with Gasteiger partial charge >= 0.3 is 0 Å². The molecule has 2 rings (SSSR count). The number of halogens is 2. The van der Waals surface area contributed by atoms with E-state index in [4.69, 9.17) is 0 Å². The molecule has 0 aromatic heterocycles. The van der Waals surface area contributed by atoms with E-state index in [1.165, 1.54) is 16.7 Å². The van der Waals surface area contributed by atoms with E-state index >= 15 is 0 Å². The molecule has 0 aliphatic heterocycles. The van der Waals surface area contributed by atoms with Crippen LogP contribution in [0.25, 0.3) is 0 Å². The Hall–Kier alpha value is -0.640. The van der Waals surface area contributed by atoms with Crippen LogP contribution in [-0.4, -0.2) is 7.05 Å². The highest BCUT2D eigenvalue weighted by atomic mass is 79.9. The molecule has 1 N–H and O–H groups in total. The van der Waals surface area contributed by atoms with E-state index in [0.29, 0.717) is 0 Å². The lowest BCUT2D eigenvalue weighted by molar-refractivity contribution is 0.688. The summed E-state index contributed by atoms with van der Waals surface area (Å²) >= 11 is 7.10. The maximum Gasteiger partial charge on any atom is 0.0585 e. The lowest BCUT2D eigenvalue weighted by atomic mass is 9.97. The van der Waals surface area contributed by atoms with Crippen molar-refractivity contribution < 1.29 is 0 Å². The van der Waals surface area contributed by atoms with E-state index in [-0.39, 0.29) is 6.04 Å². The molecule has 0 aliphatic rings. The zero-order valence-electron chi connectivity index (χ0n) is 10.4. The molecule has 0 bridgehead atoms. The average Bonchev–Trinajstić information content (AvgIpc) is 2.37. The van der Waals surface area contributed by atoms with Crippen LogP contribution in [0.5, 0.6) is 0 Å². The van der Waals surface area contributed by atoms with Crippen LogP contribution in [0.2, 0.25) is 0 Å². The van der Waals surface area contributed by atoms with Gasteiger partial charge in [-0.15, -0.1) is 0 Å². The molecule has 0 amide bonds.